The SMILES string of the molecule is Cc1ccc(OCc2ccccc2)c(C(O)=C2C(=O)C(=O)N(C3CCOCC3)[C@@H]2c2ccc(C(F)(F)F)cc2)c1. The van der Waals surface area contributed by atoms with Crippen LogP contribution in [0.1, 0.15) is 46.7 Å². The molecule has 2 fully saturated rings. The molecule has 1 N–H and O–H groups in total. The van der Waals surface area contributed by atoms with Crippen LogP contribution in [0, 0.1) is 6.92 Å². The van der Waals surface area contributed by atoms with E-state index in [1.165, 1.54) is 17.0 Å². The number of aliphatic hydroxyl groups excluding tert-OH is 1. The van der Waals surface area contributed by atoms with E-state index in [1.54, 1.807) is 18.2 Å². The molecular weight excluding hydrogens is 523 g/mol. The van der Waals surface area contributed by atoms with Crippen molar-refractivity contribution in [1.29, 1.82) is 0 Å². The Labute approximate surface area is 229 Å². The van der Waals surface area contributed by atoms with Gasteiger partial charge in [0.2, 0.25) is 0 Å². The molecule has 1 amide bonds. The van der Waals surface area contributed by atoms with Crippen LogP contribution in [0.15, 0.2) is 78.4 Å². The summed E-state index contributed by atoms with van der Waals surface area (Å²) in [5, 5.41) is 11.6. The first-order valence-electron chi connectivity index (χ1n) is 13.0. The molecule has 40 heavy (non-hydrogen) atoms. The third kappa shape index (κ3) is 5.47. The van der Waals surface area contributed by atoms with Gasteiger partial charge in [-0.1, -0.05) is 54.1 Å². The second kappa shape index (κ2) is 11.2. The lowest BCUT2D eigenvalue weighted by Crippen LogP contribution is -2.42. The van der Waals surface area contributed by atoms with Crippen molar-refractivity contribution in [3.8, 4) is 5.75 Å². The largest absolute Gasteiger partial charge is 0.507 e. The van der Waals surface area contributed by atoms with Crippen molar-refractivity contribution < 1.29 is 37.3 Å². The molecule has 0 unspecified atom stereocenters. The Balaban J connectivity index is 1.61. The maximum absolute atomic E-state index is 13.5. The summed E-state index contributed by atoms with van der Waals surface area (Å²) < 4.78 is 51.3. The summed E-state index contributed by atoms with van der Waals surface area (Å²) in [6.07, 6.45) is -3.63. The standard InChI is InChI=1S/C31H28F3NO5/c1-19-7-12-25(40-18-20-5-3-2-4-6-20)24(17-19)28(36)26-27(21-8-10-22(11-9-21)31(32,33)34)35(30(38)29(26)37)23-13-15-39-16-14-23/h2-12,17,23,27,36H,13-16,18H2,1H3/t27-/m1/s1. The number of likely N-dealkylation sites (tertiary alicyclic amines) is 1. The lowest BCUT2D eigenvalue weighted by molar-refractivity contribution is -0.142. The summed E-state index contributed by atoms with van der Waals surface area (Å²) in [5.74, 6) is -1.85. The van der Waals surface area contributed by atoms with Crippen molar-refractivity contribution >= 4 is 17.4 Å². The van der Waals surface area contributed by atoms with Crippen LogP contribution in [0.3, 0.4) is 0 Å². The van der Waals surface area contributed by atoms with Crippen LogP contribution < -0.4 is 4.74 Å². The Morgan fingerprint density at radius 3 is 2.33 bits per heavy atom. The van der Waals surface area contributed by atoms with Crippen LogP contribution in [0.25, 0.3) is 5.76 Å². The fourth-order valence-electron chi connectivity index (χ4n) is 5.21. The van der Waals surface area contributed by atoms with Crippen molar-refractivity contribution in [2.45, 2.75) is 44.6 Å². The van der Waals surface area contributed by atoms with E-state index in [4.69, 9.17) is 9.47 Å². The number of ether oxygens (including phenoxy) is 2. The van der Waals surface area contributed by atoms with Gasteiger partial charge in [-0.2, -0.15) is 13.2 Å². The number of alkyl halides is 3. The van der Waals surface area contributed by atoms with E-state index in [2.05, 4.69) is 0 Å². The van der Waals surface area contributed by atoms with Crippen molar-refractivity contribution in [3.05, 3.63) is 106 Å². The molecule has 0 radical (unpaired) electrons. The molecule has 0 saturated carbocycles. The Morgan fingerprint density at radius 1 is 1.00 bits per heavy atom. The van der Waals surface area contributed by atoms with E-state index in [1.807, 2.05) is 37.3 Å². The number of carbonyl (C=O) groups excluding carboxylic acids is 2. The Morgan fingerprint density at radius 2 is 1.68 bits per heavy atom. The lowest BCUT2D eigenvalue weighted by Gasteiger charge is -2.35. The fraction of sp³-hybridized carbons (Fsp3) is 0.290. The Bertz CT molecular complexity index is 1430. The Hall–Kier alpha value is -4.11. The average Bonchev–Trinajstić information content (AvgIpc) is 3.22. The fourth-order valence-corrected chi connectivity index (χ4v) is 5.21. The molecular formula is C31H28F3NO5. The molecule has 9 heteroatoms. The molecule has 2 aliphatic rings. The number of ketones is 1. The van der Waals surface area contributed by atoms with Crippen molar-refractivity contribution in [2.75, 3.05) is 13.2 Å². The third-order valence-corrected chi connectivity index (χ3v) is 7.25. The lowest BCUT2D eigenvalue weighted by atomic mass is 9.93. The van der Waals surface area contributed by atoms with Crippen LogP contribution >= 0.6 is 0 Å². The number of nitrogens with zero attached hydrogens (tertiary/aromatic N) is 1. The molecule has 208 valence electrons. The minimum atomic E-state index is -4.55. The summed E-state index contributed by atoms with van der Waals surface area (Å²) in [6, 6.07) is 17.4. The maximum atomic E-state index is 13.5. The highest BCUT2D eigenvalue weighted by Gasteiger charge is 2.49. The molecule has 6 nitrogen and oxygen atoms in total. The smallest absolute Gasteiger partial charge is 0.416 e. The van der Waals surface area contributed by atoms with E-state index < -0.39 is 35.2 Å². The van der Waals surface area contributed by atoms with Crippen molar-refractivity contribution in [2.24, 2.45) is 0 Å². The highest BCUT2D eigenvalue weighted by Crippen LogP contribution is 2.44. The molecule has 3 aromatic carbocycles. The molecule has 2 saturated heterocycles. The zero-order valence-corrected chi connectivity index (χ0v) is 21.8. The third-order valence-electron chi connectivity index (χ3n) is 7.25. The normalized spacial score (nSPS) is 19.7. The molecule has 2 heterocycles. The zero-order valence-electron chi connectivity index (χ0n) is 21.8. The van der Waals surface area contributed by atoms with Crippen molar-refractivity contribution in [1.82, 2.24) is 4.90 Å². The van der Waals surface area contributed by atoms with Gasteiger partial charge < -0.3 is 19.5 Å². The van der Waals surface area contributed by atoms with Gasteiger partial charge in [-0.15, -0.1) is 0 Å². The van der Waals surface area contributed by atoms with E-state index in [0.29, 0.717) is 37.4 Å². The number of aliphatic hydroxyl groups is 1. The highest BCUT2D eigenvalue weighted by molar-refractivity contribution is 6.46. The number of halogens is 3. The minimum Gasteiger partial charge on any atom is -0.507 e. The predicted octanol–water partition coefficient (Wildman–Crippen LogP) is 6.19. The van der Waals surface area contributed by atoms with E-state index >= 15 is 0 Å². The summed E-state index contributed by atoms with van der Waals surface area (Å²) in [5.41, 5.74) is 1.14. The van der Waals surface area contributed by atoms with E-state index in [-0.39, 0.29) is 23.8 Å². The Kier molecular flexibility index (Phi) is 7.67. The topological polar surface area (TPSA) is 76.1 Å². The van der Waals surface area contributed by atoms with Gasteiger partial charge in [0.05, 0.1) is 22.7 Å². The van der Waals surface area contributed by atoms with Gasteiger partial charge in [0.25, 0.3) is 11.7 Å². The monoisotopic (exact) mass is 551 g/mol. The number of hydrogen-bond donors (Lipinski definition) is 1. The first kappa shape index (κ1) is 27.5. The van der Waals surface area contributed by atoms with Crippen LogP contribution in [-0.2, 0) is 27.1 Å². The summed E-state index contributed by atoms with van der Waals surface area (Å²) >= 11 is 0. The molecule has 0 aliphatic carbocycles. The predicted molar refractivity (Wildman–Crippen MR) is 141 cm³/mol. The van der Waals surface area contributed by atoms with E-state index in [9.17, 15) is 27.9 Å². The molecule has 0 bridgehead atoms. The van der Waals surface area contributed by atoms with E-state index in [0.717, 1.165) is 23.3 Å². The molecule has 5 rings (SSSR count). The second-order valence-corrected chi connectivity index (χ2v) is 9.94. The average molecular weight is 552 g/mol. The maximum Gasteiger partial charge on any atom is 0.416 e. The van der Waals surface area contributed by atoms with Crippen LogP contribution in [-0.4, -0.2) is 41.0 Å². The first-order chi connectivity index (χ1) is 19.1. The van der Waals surface area contributed by atoms with Gasteiger partial charge in [-0.25, -0.2) is 0 Å². The number of carbonyl (C=O) groups is 2. The second-order valence-electron chi connectivity index (χ2n) is 9.94. The molecule has 0 spiro atoms. The van der Waals surface area contributed by atoms with Gasteiger partial charge in [0, 0.05) is 19.3 Å². The van der Waals surface area contributed by atoms with Gasteiger partial charge in [0.15, 0.2) is 0 Å². The first-order valence-corrected chi connectivity index (χ1v) is 13.0. The van der Waals surface area contributed by atoms with Crippen molar-refractivity contribution in [3.63, 3.8) is 0 Å². The quantitative estimate of drug-likeness (QED) is 0.225. The summed E-state index contributed by atoms with van der Waals surface area (Å²) in [4.78, 5) is 28.3. The molecule has 1 atom stereocenters. The van der Waals surface area contributed by atoms with Crippen LogP contribution in [0.2, 0.25) is 0 Å². The van der Waals surface area contributed by atoms with Crippen LogP contribution in [0.4, 0.5) is 13.2 Å². The number of amides is 1. The number of rotatable bonds is 6. The molecule has 2 aliphatic heterocycles. The van der Waals surface area contributed by atoms with Gasteiger partial charge in [0.1, 0.15) is 18.1 Å². The summed E-state index contributed by atoms with van der Waals surface area (Å²) in [7, 11) is 0. The zero-order chi connectivity index (χ0) is 28.4. The molecule has 3 aromatic rings. The van der Waals surface area contributed by atoms with Gasteiger partial charge in [-0.3, -0.25) is 9.59 Å². The number of Topliss-reactive ketones (excluding diaryl/α,β-unsaturated/α-hetero) is 1. The van der Waals surface area contributed by atoms with Gasteiger partial charge >= 0.3 is 6.18 Å². The van der Waals surface area contributed by atoms with Gasteiger partial charge in [-0.05, 0) is 55.2 Å². The number of benzene rings is 3. The summed E-state index contributed by atoms with van der Waals surface area (Å²) in [6.45, 7) is 2.76. The molecule has 0 aromatic heterocycles. The number of hydrogen-bond acceptors (Lipinski definition) is 5. The highest BCUT2D eigenvalue weighted by atomic mass is 19.4. The minimum absolute atomic E-state index is 0.189. The number of aryl methyl sites for hydroxylation is 1. The van der Waals surface area contributed by atoms with Crippen LogP contribution in [0.5, 0.6) is 5.75 Å².